The lowest BCUT2D eigenvalue weighted by molar-refractivity contribution is -0.140. The lowest BCUT2D eigenvalue weighted by Crippen LogP contribution is -2.40. The number of fused-ring (bicyclic) bond motifs is 1. The van der Waals surface area contributed by atoms with Gasteiger partial charge in [0.1, 0.15) is 6.04 Å². The fraction of sp³-hybridized carbons (Fsp3) is 0.467. The molecule has 0 saturated carbocycles. The number of carboxylic acids is 1. The fourth-order valence-electron chi connectivity index (χ4n) is 3.12. The van der Waals surface area contributed by atoms with Gasteiger partial charge in [-0.25, -0.2) is 8.42 Å². The Morgan fingerprint density at radius 3 is 2.78 bits per heavy atom. The molecule has 1 fully saturated rings. The molecular formula is C15H18N2O5S. The van der Waals surface area contributed by atoms with E-state index in [4.69, 9.17) is 0 Å². The highest BCUT2D eigenvalue weighted by Crippen LogP contribution is 2.30. The summed E-state index contributed by atoms with van der Waals surface area (Å²) in [6, 6.07) is 3.56. The molecular weight excluding hydrogens is 320 g/mol. The first-order valence-electron chi connectivity index (χ1n) is 7.57. The van der Waals surface area contributed by atoms with Gasteiger partial charge in [-0.05, 0) is 49.4 Å². The molecule has 2 N–H and O–H groups in total. The van der Waals surface area contributed by atoms with Crippen molar-refractivity contribution in [3.63, 3.8) is 0 Å². The zero-order valence-electron chi connectivity index (χ0n) is 12.5. The van der Waals surface area contributed by atoms with E-state index in [1.807, 2.05) is 0 Å². The highest BCUT2D eigenvalue weighted by atomic mass is 32.2. The topological polar surface area (TPSA) is 104 Å². The minimum Gasteiger partial charge on any atom is -0.480 e. The normalized spacial score (nSPS) is 22.3. The first-order chi connectivity index (χ1) is 10.9. The van der Waals surface area contributed by atoms with Crippen LogP contribution in [0.25, 0.3) is 0 Å². The highest BCUT2D eigenvalue weighted by molar-refractivity contribution is 7.89. The molecule has 124 valence electrons. The quantitative estimate of drug-likeness (QED) is 0.862. The number of aryl methyl sites for hydroxylation is 1. The van der Waals surface area contributed by atoms with Gasteiger partial charge in [-0.3, -0.25) is 9.59 Å². The molecule has 3 rings (SSSR count). The third-order valence-corrected chi connectivity index (χ3v) is 6.20. The Morgan fingerprint density at radius 2 is 2.04 bits per heavy atom. The maximum Gasteiger partial charge on any atom is 0.322 e. The summed E-state index contributed by atoms with van der Waals surface area (Å²) in [5.41, 5.74) is 1.39. The van der Waals surface area contributed by atoms with E-state index in [1.165, 1.54) is 6.07 Å². The van der Waals surface area contributed by atoms with Crippen LogP contribution in [0.4, 0.5) is 5.69 Å². The second kappa shape index (κ2) is 5.93. The van der Waals surface area contributed by atoms with E-state index in [-0.39, 0.29) is 17.3 Å². The maximum absolute atomic E-state index is 12.8. The summed E-state index contributed by atoms with van der Waals surface area (Å²) >= 11 is 0. The molecule has 2 aliphatic rings. The van der Waals surface area contributed by atoms with Crippen molar-refractivity contribution < 1.29 is 23.1 Å². The Labute approximate surface area is 134 Å². The number of aliphatic carboxylic acids is 1. The number of anilines is 1. The molecule has 0 spiro atoms. The lowest BCUT2D eigenvalue weighted by Gasteiger charge is -2.21. The summed E-state index contributed by atoms with van der Waals surface area (Å²) < 4.78 is 26.6. The molecule has 0 aliphatic carbocycles. The molecule has 2 aliphatic heterocycles. The second-order valence-electron chi connectivity index (χ2n) is 5.83. The molecule has 1 saturated heterocycles. The molecule has 1 aromatic carbocycles. The van der Waals surface area contributed by atoms with Crippen molar-refractivity contribution in [3.8, 4) is 0 Å². The van der Waals surface area contributed by atoms with E-state index in [0.717, 1.165) is 9.87 Å². The van der Waals surface area contributed by atoms with E-state index in [1.54, 1.807) is 12.1 Å². The predicted octanol–water partition coefficient (Wildman–Crippen LogP) is 1.20. The number of amides is 1. The predicted molar refractivity (Wildman–Crippen MR) is 82.6 cm³/mol. The zero-order valence-corrected chi connectivity index (χ0v) is 13.3. The molecule has 2 heterocycles. The third-order valence-electron chi connectivity index (χ3n) is 4.30. The molecule has 7 nitrogen and oxygen atoms in total. The van der Waals surface area contributed by atoms with Gasteiger partial charge in [0.05, 0.1) is 4.90 Å². The van der Waals surface area contributed by atoms with Crippen molar-refractivity contribution in [1.29, 1.82) is 0 Å². The summed E-state index contributed by atoms with van der Waals surface area (Å²) in [6.07, 6.45) is 2.54. The van der Waals surface area contributed by atoms with Gasteiger partial charge in [0.25, 0.3) is 0 Å². The number of rotatable bonds is 3. The van der Waals surface area contributed by atoms with Crippen LogP contribution in [0.3, 0.4) is 0 Å². The largest absolute Gasteiger partial charge is 0.480 e. The van der Waals surface area contributed by atoms with Crippen LogP contribution in [0.5, 0.6) is 0 Å². The summed E-state index contributed by atoms with van der Waals surface area (Å²) in [5.74, 6) is -1.20. The molecule has 0 unspecified atom stereocenters. The number of hydrogen-bond acceptors (Lipinski definition) is 4. The number of benzene rings is 1. The number of nitrogens with one attached hydrogen (secondary N) is 1. The van der Waals surface area contributed by atoms with Gasteiger partial charge in [-0.2, -0.15) is 4.31 Å². The van der Waals surface area contributed by atoms with Crippen molar-refractivity contribution in [1.82, 2.24) is 4.31 Å². The summed E-state index contributed by atoms with van der Waals surface area (Å²) in [7, 11) is -3.85. The summed E-state index contributed by atoms with van der Waals surface area (Å²) in [5, 5.41) is 12.0. The second-order valence-corrected chi connectivity index (χ2v) is 7.72. The van der Waals surface area contributed by atoms with Gasteiger partial charge in [0, 0.05) is 18.7 Å². The number of hydrogen-bond donors (Lipinski definition) is 2. The standard InChI is InChI=1S/C15H18N2O5S/c18-14-5-1-3-10-9-11(6-7-12(10)16-14)23(21,22)17-8-2-4-13(17)15(19)20/h6-7,9,13H,1-5,8H2,(H,16,18)(H,19,20)/t13-/m0/s1. The highest BCUT2D eigenvalue weighted by Gasteiger charge is 2.39. The fourth-order valence-corrected chi connectivity index (χ4v) is 4.82. The van der Waals surface area contributed by atoms with Gasteiger partial charge >= 0.3 is 5.97 Å². The molecule has 1 atom stereocenters. The van der Waals surface area contributed by atoms with Gasteiger partial charge < -0.3 is 10.4 Å². The van der Waals surface area contributed by atoms with E-state index in [0.29, 0.717) is 37.8 Å². The van der Waals surface area contributed by atoms with Crippen LogP contribution < -0.4 is 5.32 Å². The van der Waals surface area contributed by atoms with Crippen LogP contribution in [0.15, 0.2) is 23.1 Å². The Balaban J connectivity index is 1.96. The molecule has 1 aromatic rings. The van der Waals surface area contributed by atoms with Crippen LogP contribution in [-0.4, -0.2) is 42.3 Å². The van der Waals surface area contributed by atoms with Crippen LogP contribution >= 0.6 is 0 Å². The lowest BCUT2D eigenvalue weighted by atomic mass is 10.1. The van der Waals surface area contributed by atoms with E-state index < -0.39 is 22.0 Å². The third kappa shape index (κ3) is 2.96. The Hall–Kier alpha value is -1.93. The van der Waals surface area contributed by atoms with Crippen molar-refractivity contribution in [2.24, 2.45) is 0 Å². The first-order valence-corrected chi connectivity index (χ1v) is 9.01. The summed E-state index contributed by atoms with van der Waals surface area (Å²) in [4.78, 5) is 22.9. The average Bonchev–Trinajstić information content (AvgIpc) is 2.92. The Kier molecular flexibility index (Phi) is 4.11. The van der Waals surface area contributed by atoms with Gasteiger partial charge in [0.15, 0.2) is 0 Å². The van der Waals surface area contributed by atoms with Crippen molar-refractivity contribution in [3.05, 3.63) is 23.8 Å². The first kappa shape index (κ1) is 15.9. The number of carbonyl (C=O) groups is 2. The maximum atomic E-state index is 12.8. The van der Waals surface area contributed by atoms with Crippen LogP contribution in [0, 0.1) is 0 Å². The van der Waals surface area contributed by atoms with Crippen LogP contribution in [-0.2, 0) is 26.0 Å². The smallest absolute Gasteiger partial charge is 0.322 e. The SMILES string of the molecule is O=C1CCCc2cc(S(=O)(=O)N3CCC[C@H]3C(=O)O)ccc2N1. The van der Waals surface area contributed by atoms with Crippen molar-refractivity contribution in [2.45, 2.75) is 43.0 Å². The molecule has 0 radical (unpaired) electrons. The zero-order chi connectivity index (χ0) is 16.6. The van der Waals surface area contributed by atoms with E-state index in [9.17, 15) is 23.1 Å². The van der Waals surface area contributed by atoms with Crippen molar-refractivity contribution in [2.75, 3.05) is 11.9 Å². The van der Waals surface area contributed by atoms with Crippen molar-refractivity contribution >= 4 is 27.6 Å². The number of sulfonamides is 1. The molecule has 23 heavy (non-hydrogen) atoms. The Bertz CT molecular complexity index is 759. The van der Waals surface area contributed by atoms with Gasteiger partial charge in [-0.1, -0.05) is 0 Å². The van der Waals surface area contributed by atoms with Crippen LogP contribution in [0.2, 0.25) is 0 Å². The summed E-state index contributed by atoms with van der Waals surface area (Å²) in [6.45, 7) is 0.215. The minimum absolute atomic E-state index is 0.0789. The van der Waals surface area contributed by atoms with Crippen LogP contribution in [0.1, 0.15) is 31.2 Å². The number of carbonyl (C=O) groups excluding carboxylic acids is 1. The molecule has 0 aromatic heterocycles. The minimum atomic E-state index is -3.85. The monoisotopic (exact) mass is 338 g/mol. The molecule has 0 bridgehead atoms. The number of carboxylic acid groups (broad SMARTS) is 1. The number of nitrogens with zero attached hydrogens (tertiary/aromatic N) is 1. The van der Waals surface area contributed by atoms with Gasteiger partial charge in [0.2, 0.25) is 15.9 Å². The van der Waals surface area contributed by atoms with E-state index >= 15 is 0 Å². The Morgan fingerprint density at radius 1 is 1.26 bits per heavy atom. The van der Waals surface area contributed by atoms with E-state index in [2.05, 4.69) is 5.32 Å². The average molecular weight is 338 g/mol. The molecule has 1 amide bonds. The molecule has 8 heteroatoms. The van der Waals surface area contributed by atoms with Gasteiger partial charge in [-0.15, -0.1) is 0 Å².